The monoisotopic (exact) mass is 260 g/mol. The summed E-state index contributed by atoms with van der Waals surface area (Å²) in [7, 11) is 0. The van der Waals surface area contributed by atoms with E-state index >= 15 is 0 Å². The van der Waals surface area contributed by atoms with Gasteiger partial charge in [0.1, 0.15) is 25.0 Å². The van der Waals surface area contributed by atoms with Crippen LogP contribution in [-0.2, 0) is 4.74 Å². The van der Waals surface area contributed by atoms with E-state index in [1.165, 1.54) is 0 Å². The van der Waals surface area contributed by atoms with E-state index in [0.717, 1.165) is 0 Å². The Morgan fingerprint density at radius 2 is 2.06 bits per heavy atom. The standard InChI is InChI=1S/C10H10Cl2N2O2/c11-6-1-7(12)3-9(2-6)15-4-8-5-16-10(13)14-8/h1-3,8H,4-5H2,(H2,13,14). The van der Waals surface area contributed by atoms with Crippen molar-refractivity contribution in [3.63, 3.8) is 0 Å². The van der Waals surface area contributed by atoms with E-state index in [1.54, 1.807) is 18.2 Å². The van der Waals surface area contributed by atoms with E-state index in [1.807, 2.05) is 0 Å². The van der Waals surface area contributed by atoms with Gasteiger partial charge in [0.2, 0.25) is 0 Å². The van der Waals surface area contributed by atoms with Gasteiger partial charge < -0.3 is 15.2 Å². The smallest absolute Gasteiger partial charge is 0.282 e. The zero-order chi connectivity index (χ0) is 11.5. The molecule has 1 aromatic carbocycles. The van der Waals surface area contributed by atoms with E-state index in [-0.39, 0.29) is 12.1 Å². The number of aliphatic imine (C=N–C) groups is 1. The third-order valence-corrected chi connectivity index (χ3v) is 2.45. The van der Waals surface area contributed by atoms with Gasteiger partial charge in [-0.1, -0.05) is 23.2 Å². The fraction of sp³-hybridized carbons (Fsp3) is 0.300. The maximum Gasteiger partial charge on any atom is 0.282 e. The zero-order valence-electron chi connectivity index (χ0n) is 8.32. The van der Waals surface area contributed by atoms with Gasteiger partial charge in [0, 0.05) is 10.0 Å². The Morgan fingerprint density at radius 3 is 2.62 bits per heavy atom. The van der Waals surface area contributed by atoms with E-state index in [2.05, 4.69) is 4.99 Å². The SMILES string of the molecule is NC1=NC(COc2cc(Cl)cc(Cl)c2)CO1. The molecule has 16 heavy (non-hydrogen) atoms. The van der Waals surface area contributed by atoms with Crippen molar-refractivity contribution in [2.45, 2.75) is 6.04 Å². The number of nitrogens with zero attached hydrogens (tertiary/aromatic N) is 1. The minimum atomic E-state index is -0.0715. The molecule has 0 aliphatic carbocycles. The molecular formula is C10H10Cl2N2O2. The van der Waals surface area contributed by atoms with Gasteiger partial charge in [-0.2, -0.15) is 0 Å². The summed E-state index contributed by atoms with van der Waals surface area (Å²) < 4.78 is 10.5. The summed E-state index contributed by atoms with van der Waals surface area (Å²) in [5.41, 5.74) is 5.37. The number of hydrogen-bond donors (Lipinski definition) is 1. The third-order valence-electron chi connectivity index (χ3n) is 2.01. The molecular weight excluding hydrogens is 251 g/mol. The summed E-state index contributed by atoms with van der Waals surface area (Å²) in [5, 5.41) is 1.07. The lowest BCUT2D eigenvalue weighted by molar-refractivity contribution is 0.242. The van der Waals surface area contributed by atoms with Crippen LogP contribution in [0, 0.1) is 0 Å². The van der Waals surface area contributed by atoms with Crippen LogP contribution < -0.4 is 10.5 Å². The van der Waals surface area contributed by atoms with E-state index in [0.29, 0.717) is 29.0 Å². The molecule has 6 heteroatoms. The van der Waals surface area contributed by atoms with Crippen molar-refractivity contribution in [1.29, 1.82) is 0 Å². The summed E-state index contributed by atoms with van der Waals surface area (Å²) in [4.78, 5) is 4.03. The quantitative estimate of drug-likeness (QED) is 0.906. The van der Waals surface area contributed by atoms with Gasteiger partial charge in [0.25, 0.3) is 6.02 Å². The number of hydrogen-bond acceptors (Lipinski definition) is 4. The van der Waals surface area contributed by atoms with Crippen LogP contribution in [-0.4, -0.2) is 25.3 Å². The van der Waals surface area contributed by atoms with E-state index in [4.69, 9.17) is 38.4 Å². The molecule has 4 nitrogen and oxygen atoms in total. The molecule has 0 saturated carbocycles. The zero-order valence-corrected chi connectivity index (χ0v) is 9.83. The minimum absolute atomic E-state index is 0.0715. The number of nitrogens with two attached hydrogens (primary N) is 1. The molecule has 0 aromatic heterocycles. The van der Waals surface area contributed by atoms with Crippen molar-refractivity contribution in [3.8, 4) is 5.75 Å². The predicted octanol–water partition coefficient (Wildman–Crippen LogP) is 2.09. The Morgan fingerprint density at radius 1 is 1.38 bits per heavy atom. The van der Waals surface area contributed by atoms with Gasteiger partial charge in [0.15, 0.2) is 0 Å². The van der Waals surface area contributed by atoms with Gasteiger partial charge in [-0.15, -0.1) is 0 Å². The number of ether oxygens (including phenoxy) is 2. The highest BCUT2D eigenvalue weighted by atomic mass is 35.5. The van der Waals surface area contributed by atoms with Gasteiger partial charge in [-0.3, -0.25) is 0 Å². The molecule has 0 saturated heterocycles. The Hall–Kier alpha value is -1.13. The van der Waals surface area contributed by atoms with Gasteiger partial charge in [0.05, 0.1) is 0 Å². The Balaban J connectivity index is 1.94. The molecule has 2 rings (SSSR count). The van der Waals surface area contributed by atoms with Crippen LogP contribution in [0.4, 0.5) is 0 Å². The van der Waals surface area contributed by atoms with Gasteiger partial charge in [-0.25, -0.2) is 4.99 Å². The molecule has 86 valence electrons. The van der Waals surface area contributed by atoms with Crippen LogP contribution in [0.3, 0.4) is 0 Å². The van der Waals surface area contributed by atoms with E-state index < -0.39 is 0 Å². The summed E-state index contributed by atoms with van der Waals surface area (Å²) in [6, 6.07) is 5.16. The van der Waals surface area contributed by atoms with Crippen LogP contribution in [0.5, 0.6) is 5.75 Å². The highest BCUT2D eigenvalue weighted by Gasteiger charge is 2.17. The second-order valence-electron chi connectivity index (χ2n) is 3.35. The molecule has 0 spiro atoms. The van der Waals surface area contributed by atoms with E-state index in [9.17, 15) is 0 Å². The van der Waals surface area contributed by atoms with Crippen LogP contribution >= 0.6 is 23.2 Å². The summed E-state index contributed by atoms with van der Waals surface area (Å²) in [6.07, 6.45) is 0. The molecule has 1 aliphatic heterocycles. The van der Waals surface area contributed by atoms with Crippen LogP contribution in [0.25, 0.3) is 0 Å². The van der Waals surface area contributed by atoms with Crippen molar-refractivity contribution in [2.24, 2.45) is 10.7 Å². The first-order valence-corrected chi connectivity index (χ1v) is 5.44. The molecule has 1 aromatic rings. The molecule has 1 heterocycles. The van der Waals surface area contributed by atoms with Crippen molar-refractivity contribution in [2.75, 3.05) is 13.2 Å². The lowest BCUT2D eigenvalue weighted by atomic mass is 10.3. The maximum absolute atomic E-state index is 5.83. The summed E-state index contributed by atoms with van der Waals surface area (Å²) in [6.45, 7) is 0.831. The van der Waals surface area contributed by atoms with Gasteiger partial charge >= 0.3 is 0 Å². The van der Waals surface area contributed by atoms with Crippen LogP contribution in [0.1, 0.15) is 0 Å². The fourth-order valence-corrected chi connectivity index (χ4v) is 1.83. The molecule has 0 bridgehead atoms. The number of amidine groups is 1. The first-order chi connectivity index (χ1) is 7.63. The van der Waals surface area contributed by atoms with Crippen LogP contribution in [0.15, 0.2) is 23.2 Å². The normalized spacial score (nSPS) is 19.1. The Bertz CT molecular complexity index is 403. The third kappa shape index (κ3) is 2.93. The fourth-order valence-electron chi connectivity index (χ4n) is 1.33. The number of halogens is 2. The molecule has 0 radical (unpaired) electrons. The molecule has 0 amide bonds. The van der Waals surface area contributed by atoms with Crippen molar-refractivity contribution >= 4 is 29.2 Å². The number of rotatable bonds is 3. The molecule has 2 N–H and O–H groups in total. The van der Waals surface area contributed by atoms with Crippen molar-refractivity contribution in [1.82, 2.24) is 0 Å². The minimum Gasteiger partial charge on any atom is -0.491 e. The van der Waals surface area contributed by atoms with Crippen LogP contribution in [0.2, 0.25) is 10.0 Å². The van der Waals surface area contributed by atoms with Crippen molar-refractivity contribution < 1.29 is 9.47 Å². The average molecular weight is 261 g/mol. The molecule has 1 aliphatic rings. The Kier molecular flexibility index (Phi) is 3.41. The predicted molar refractivity (Wildman–Crippen MR) is 63.3 cm³/mol. The summed E-state index contributed by atoms with van der Waals surface area (Å²) in [5.74, 6) is 0.609. The second-order valence-corrected chi connectivity index (χ2v) is 4.22. The van der Waals surface area contributed by atoms with Gasteiger partial charge in [-0.05, 0) is 18.2 Å². The maximum atomic E-state index is 5.83. The molecule has 1 atom stereocenters. The molecule has 0 fully saturated rings. The Labute approximate surface area is 103 Å². The average Bonchev–Trinajstić information content (AvgIpc) is 2.60. The van der Waals surface area contributed by atoms with Crippen molar-refractivity contribution in [3.05, 3.63) is 28.2 Å². The highest BCUT2D eigenvalue weighted by Crippen LogP contribution is 2.24. The second kappa shape index (κ2) is 4.80. The largest absolute Gasteiger partial charge is 0.491 e. The number of benzene rings is 1. The lowest BCUT2D eigenvalue weighted by Gasteiger charge is -2.09. The topological polar surface area (TPSA) is 56.8 Å². The highest BCUT2D eigenvalue weighted by molar-refractivity contribution is 6.34. The first-order valence-electron chi connectivity index (χ1n) is 4.68. The lowest BCUT2D eigenvalue weighted by Crippen LogP contribution is -2.17. The molecule has 1 unspecified atom stereocenters. The first kappa shape index (κ1) is 11.4. The summed E-state index contributed by atoms with van der Waals surface area (Å²) >= 11 is 11.7.